The summed E-state index contributed by atoms with van der Waals surface area (Å²) >= 11 is 0. The fourth-order valence-corrected chi connectivity index (χ4v) is 4.63. The van der Waals surface area contributed by atoms with Crippen LogP contribution in [0.3, 0.4) is 0 Å². The van der Waals surface area contributed by atoms with Crippen molar-refractivity contribution in [2.75, 3.05) is 19.6 Å². The van der Waals surface area contributed by atoms with Gasteiger partial charge in [0.05, 0.1) is 29.6 Å². The van der Waals surface area contributed by atoms with Gasteiger partial charge in [-0.3, -0.25) is 10.2 Å². The fourth-order valence-electron chi connectivity index (χ4n) is 4.63. The zero-order chi connectivity index (χ0) is 20.5. The molecule has 0 bridgehead atoms. The Kier molecular flexibility index (Phi) is 5.54. The largest absolute Gasteiger partial charge is 0.390 e. The van der Waals surface area contributed by atoms with E-state index in [4.69, 9.17) is 0 Å². The van der Waals surface area contributed by atoms with Gasteiger partial charge in [-0.2, -0.15) is 0 Å². The van der Waals surface area contributed by atoms with Gasteiger partial charge in [-0.1, -0.05) is 30.3 Å². The second-order valence-corrected chi connectivity index (χ2v) is 8.55. The maximum absolute atomic E-state index is 10.6. The van der Waals surface area contributed by atoms with Crippen molar-refractivity contribution in [2.45, 2.75) is 37.7 Å². The van der Waals surface area contributed by atoms with Crippen LogP contribution >= 0.6 is 0 Å². The Hall–Kier alpha value is -2.29. The summed E-state index contributed by atoms with van der Waals surface area (Å²) in [7, 11) is 2.01. The molecule has 0 spiro atoms. The minimum atomic E-state index is -0.388. The van der Waals surface area contributed by atoms with Crippen LogP contribution in [-0.2, 0) is 20.0 Å². The van der Waals surface area contributed by atoms with E-state index in [1.807, 2.05) is 17.9 Å². The van der Waals surface area contributed by atoms with Crippen molar-refractivity contribution >= 4 is 11.0 Å². The number of aromatic nitrogens is 2. The quantitative estimate of drug-likeness (QED) is 0.496. The molecule has 7 heteroatoms. The van der Waals surface area contributed by atoms with Crippen molar-refractivity contribution in [1.82, 2.24) is 30.6 Å². The minimum Gasteiger partial charge on any atom is -0.390 e. The van der Waals surface area contributed by atoms with Gasteiger partial charge < -0.3 is 9.67 Å². The molecular formula is C23H30N6O. The molecule has 0 saturated carbocycles. The first-order valence-electron chi connectivity index (χ1n) is 10.8. The smallest absolute Gasteiger partial charge is 0.0955 e. The Balaban J connectivity index is 1.10. The third kappa shape index (κ3) is 4.12. The molecule has 2 aromatic carbocycles. The number of aryl methyl sites for hydroxylation is 1. The molecule has 7 nitrogen and oxygen atoms in total. The van der Waals surface area contributed by atoms with Gasteiger partial charge in [-0.05, 0) is 41.7 Å². The number of nitrogens with zero attached hydrogens (tertiary/aromatic N) is 3. The van der Waals surface area contributed by atoms with E-state index in [2.05, 4.69) is 68.5 Å². The van der Waals surface area contributed by atoms with Crippen molar-refractivity contribution in [3.05, 3.63) is 65.5 Å². The maximum atomic E-state index is 10.6. The zero-order valence-electron chi connectivity index (χ0n) is 17.4. The number of hydrazine groups is 1. The normalized spacial score (nSPS) is 23.0. The molecule has 1 saturated heterocycles. The number of aliphatic hydroxyl groups is 1. The molecule has 0 aliphatic carbocycles. The topological polar surface area (TPSA) is 77.4 Å². The van der Waals surface area contributed by atoms with E-state index in [0.717, 1.165) is 37.0 Å². The summed E-state index contributed by atoms with van der Waals surface area (Å²) in [5.74, 6) is 0. The van der Waals surface area contributed by atoms with Crippen LogP contribution in [0.4, 0.5) is 0 Å². The van der Waals surface area contributed by atoms with Gasteiger partial charge in [0.1, 0.15) is 0 Å². The highest BCUT2D eigenvalue weighted by molar-refractivity contribution is 5.76. The number of nitrogens with one attached hydrogen (secondary N) is 3. The highest BCUT2D eigenvalue weighted by Crippen LogP contribution is 2.24. The van der Waals surface area contributed by atoms with Crippen LogP contribution in [0, 0.1) is 0 Å². The van der Waals surface area contributed by atoms with Crippen LogP contribution in [0.2, 0.25) is 0 Å². The van der Waals surface area contributed by atoms with Gasteiger partial charge >= 0.3 is 0 Å². The summed E-state index contributed by atoms with van der Waals surface area (Å²) in [4.78, 5) is 6.81. The fraction of sp³-hybridized carbons (Fsp3) is 0.435. The molecule has 3 unspecified atom stereocenters. The van der Waals surface area contributed by atoms with Crippen LogP contribution in [-0.4, -0.2) is 51.5 Å². The number of β-amino-alcohol motifs (C(OH)–C–C–N with tert-alkyl or cyclic N) is 1. The molecule has 3 heterocycles. The van der Waals surface area contributed by atoms with Crippen LogP contribution in [0.1, 0.15) is 29.2 Å². The van der Waals surface area contributed by atoms with E-state index < -0.39 is 0 Å². The number of hydrogen-bond acceptors (Lipinski definition) is 6. The van der Waals surface area contributed by atoms with E-state index >= 15 is 0 Å². The van der Waals surface area contributed by atoms with Gasteiger partial charge in [0.25, 0.3) is 0 Å². The predicted molar refractivity (Wildman–Crippen MR) is 118 cm³/mol. The summed E-state index contributed by atoms with van der Waals surface area (Å²) in [6.45, 7) is 3.20. The van der Waals surface area contributed by atoms with Gasteiger partial charge in [-0.15, -0.1) is 0 Å². The molecule has 3 aromatic rings. The van der Waals surface area contributed by atoms with Crippen LogP contribution < -0.4 is 16.2 Å². The number of fused-ring (bicyclic) bond motifs is 2. The summed E-state index contributed by atoms with van der Waals surface area (Å²) in [6, 6.07) is 15.3. The Morgan fingerprint density at radius 2 is 2.07 bits per heavy atom. The Morgan fingerprint density at radius 1 is 1.20 bits per heavy atom. The van der Waals surface area contributed by atoms with Crippen molar-refractivity contribution in [3.8, 4) is 0 Å². The summed E-state index contributed by atoms with van der Waals surface area (Å²) in [6.07, 6.45) is 3.57. The highest BCUT2D eigenvalue weighted by atomic mass is 16.3. The number of benzene rings is 2. The summed E-state index contributed by atoms with van der Waals surface area (Å²) < 4.78 is 2.03. The Bertz CT molecular complexity index is 1020. The van der Waals surface area contributed by atoms with E-state index in [9.17, 15) is 5.11 Å². The zero-order valence-corrected chi connectivity index (χ0v) is 17.4. The third-order valence-corrected chi connectivity index (χ3v) is 6.33. The Morgan fingerprint density at radius 3 is 2.97 bits per heavy atom. The molecule has 2 aliphatic rings. The minimum absolute atomic E-state index is 0.131. The molecule has 0 radical (unpaired) electrons. The maximum Gasteiger partial charge on any atom is 0.0955 e. The molecule has 0 amide bonds. The summed E-state index contributed by atoms with van der Waals surface area (Å²) in [5, 5.41) is 14.0. The second-order valence-electron chi connectivity index (χ2n) is 8.55. The molecular weight excluding hydrogens is 376 g/mol. The van der Waals surface area contributed by atoms with E-state index in [1.165, 1.54) is 16.7 Å². The lowest BCUT2D eigenvalue weighted by molar-refractivity contribution is 0.101. The van der Waals surface area contributed by atoms with Gasteiger partial charge in [0.15, 0.2) is 0 Å². The highest BCUT2D eigenvalue weighted by Gasteiger charge is 2.26. The van der Waals surface area contributed by atoms with E-state index in [0.29, 0.717) is 13.1 Å². The molecule has 2 aliphatic heterocycles. The van der Waals surface area contributed by atoms with Crippen molar-refractivity contribution in [3.63, 3.8) is 0 Å². The first-order chi connectivity index (χ1) is 14.7. The van der Waals surface area contributed by atoms with Gasteiger partial charge in [-0.25, -0.2) is 15.8 Å². The predicted octanol–water partition coefficient (Wildman–Crippen LogP) is 1.45. The van der Waals surface area contributed by atoms with Gasteiger partial charge in [0, 0.05) is 39.3 Å². The average Bonchev–Trinajstić information content (AvgIpc) is 3.39. The average molecular weight is 407 g/mol. The molecule has 4 N–H and O–H groups in total. The van der Waals surface area contributed by atoms with E-state index in [1.54, 1.807) is 0 Å². The van der Waals surface area contributed by atoms with Crippen molar-refractivity contribution < 1.29 is 5.11 Å². The first-order valence-corrected chi connectivity index (χ1v) is 10.8. The van der Waals surface area contributed by atoms with Gasteiger partial charge in [0.2, 0.25) is 0 Å². The number of aliphatic hydroxyl groups excluding tert-OH is 1. The monoisotopic (exact) mass is 406 g/mol. The standard InChI is InChI=1S/C23H30N6O/c1-28-15-25-21-10-17(6-7-22(21)28)20-11-23(27-26-20)24-12-19(30)14-29-9-8-16-4-2-3-5-18(16)13-29/h2-7,10,15,19-20,23-24,26-27,30H,8-9,11-14H2,1H3. The lowest BCUT2D eigenvalue weighted by Crippen LogP contribution is -2.47. The molecule has 1 aromatic heterocycles. The molecule has 5 rings (SSSR count). The molecule has 3 atom stereocenters. The third-order valence-electron chi connectivity index (χ3n) is 6.33. The summed E-state index contributed by atoms with van der Waals surface area (Å²) in [5.41, 5.74) is 12.9. The number of imidazole rings is 1. The SMILES string of the molecule is Cn1cnc2cc(C3CC(NCC(O)CN4CCc5ccccc5C4)NN3)ccc21. The first kappa shape index (κ1) is 19.7. The molecule has 1 fully saturated rings. The lowest BCUT2D eigenvalue weighted by Gasteiger charge is -2.30. The number of hydrogen-bond donors (Lipinski definition) is 4. The van der Waals surface area contributed by atoms with E-state index in [-0.39, 0.29) is 18.3 Å². The molecule has 158 valence electrons. The van der Waals surface area contributed by atoms with Crippen molar-refractivity contribution in [1.29, 1.82) is 0 Å². The second kappa shape index (κ2) is 8.45. The van der Waals surface area contributed by atoms with Crippen LogP contribution in [0.25, 0.3) is 11.0 Å². The van der Waals surface area contributed by atoms with Crippen LogP contribution in [0.15, 0.2) is 48.8 Å². The molecule has 30 heavy (non-hydrogen) atoms. The lowest BCUT2D eigenvalue weighted by atomic mass is 10.00. The number of rotatable bonds is 6. The van der Waals surface area contributed by atoms with Crippen molar-refractivity contribution in [2.24, 2.45) is 7.05 Å². The van der Waals surface area contributed by atoms with Crippen LogP contribution in [0.5, 0.6) is 0 Å². The Labute approximate surface area is 177 Å².